The Morgan fingerprint density at radius 1 is 0.921 bits per heavy atom. The number of hydrogen-bond donors (Lipinski definition) is 1. The van der Waals surface area contributed by atoms with Crippen LogP contribution in [-0.4, -0.2) is 42.3 Å². The number of nitrogens with zero attached hydrogens (tertiary/aromatic N) is 6. The summed E-state index contributed by atoms with van der Waals surface area (Å²) in [7, 11) is 2.05. The van der Waals surface area contributed by atoms with E-state index in [0.29, 0.717) is 13.1 Å². The molecule has 0 saturated carbocycles. The molecular formula is C29H25BFN7. The standard InChI is InChI=1S/C29H25BFN7/c1-19-6-4-11-25(34-19)29-28(22-12-13-27-32-18-33-38(27)16-22)35-26(36-29)17-37(30)15-21-7-2-3-10-24(21)20-8-5-9-23(31)14-20/h2-14,16,18H,15,17,30H2,1H3,(H,35,36). The summed E-state index contributed by atoms with van der Waals surface area (Å²) in [5.41, 5.74) is 8.12. The third kappa shape index (κ3) is 4.84. The highest BCUT2D eigenvalue weighted by Crippen LogP contribution is 2.30. The number of benzene rings is 2. The van der Waals surface area contributed by atoms with Crippen LogP contribution in [0.1, 0.15) is 17.1 Å². The van der Waals surface area contributed by atoms with E-state index in [1.54, 1.807) is 16.6 Å². The van der Waals surface area contributed by atoms with Crippen LogP contribution in [0.3, 0.4) is 0 Å². The molecule has 7 nitrogen and oxygen atoms in total. The maximum Gasteiger partial charge on any atom is 0.186 e. The number of aromatic nitrogens is 6. The van der Waals surface area contributed by atoms with Gasteiger partial charge in [-0.05, 0) is 60.0 Å². The number of halogens is 1. The number of aromatic amines is 1. The summed E-state index contributed by atoms with van der Waals surface area (Å²) in [4.78, 5) is 19.7. The van der Waals surface area contributed by atoms with Crippen LogP contribution in [0.2, 0.25) is 0 Å². The Morgan fingerprint density at radius 3 is 2.66 bits per heavy atom. The van der Waals surface area contributed by atoms with Gasteiger partial charge in [0.1, 0.15) is 23.7 Å². The lowest BCUT2D eigenvalue weighted by atomic mass is 9.98. The Balaban J connectivity index is 1.32. The molecule has 0 saturated heterocycles. The van der Waals surface area contributed by atoms with E-state index in [0.717, 1.165) is 56.5 Å². The molecule has 9 heteroatoms. The van der Waals surface area contributed by atoms with Gasteiger partial charge in [-0.15, -0.1) is 0 Å². The van der Waals surface area contributed by atoms with E-state index in [1.165, 1.54) is 12.4 Å². The van der Waals surface area contributed by atoms with Gasteiger partial charge in [-0.3, -0.25) is 4.98 Å². The van der Waals surface area contributed by atoms with E-state index in [2.05, 4.69) is 33.9 Å². The highest BCUT2D eigenvalue weighted by molar-refractivity contribution is 6.04. The summed E-state index contributed by atoms with van der Waals surface area (Å²) in [6.45, 7) is 3.23. The van der Waals surface area contributed by atoms with Gasteiger partial charge in [0.25, 0.3) is 0 Å². The molecule has 4 heterocycles. The SMILES string of the molecule is BN(Cc1nc(-c2cccc(C)n2)c(-c2ccc3ncnn3c2)[nH]1)Cc1ccccc1-c1cccc(F)c1. The molecular weight excluding hydrogens is 476 g/mol. The van der Waals surface area contributed by atoms with Gasteiger partial charge in [-0.25, -0.2) is 18.9 Å². The van der Waals surface area contributed by atoms with Gasteiger partial charge in [0.15, 0.2) is 13.6 Å². The number of aryl methyl sites for hydroxylation is 1. The van der Waals surface area contributed by atoms with Crippen LogP contribution in [0.15, 0.2) is 91.4 Å². The van der Waals surface area contributed by atoms with Crippen LogP contribution in [0.5, 0.6) is 0 Å². The molecule has 2 aromatic carbocycles. The molecule has 0 aliphatic rings. The number of fused-ring (bicyclic) bond motifs is 1. The average Bonchev–Trinajstić information content (AvgIpc) is 3.55. The summed E-state index contributed by atoms with van der Waals surface area (Å²) in [5.74, 6) is 0.581. The molecule has 6 rings (SSSR count). The summed E-state index contributed by atoms with van der Waals surface area (Å²) in [6.07, 6.45) is 3.48. The molecule has 38 heavy (non-hydrogen) atoms. The monoisotopic (exact) mass is 501 g/mol. The minimum Gasteiger partial charge on any atom is -0.340 e. The first-order valence-corrected chi connectivity index (χ1v) is 12.4. The molecule has 0 aliphatic heterocycles. The van der Waals surface area contributed by atoms with E-state index in [4.69, 9.17) is 9.97 Å². The van der Waals surface area contributed by atoms with Gasteiger partial charge >= 0.3 is 0 Å². The second kappa shape index (κ2) is 10.0. The predicted molar refractivity (Wildman–Crippen MR) is 148 cm³/mol. The molecule has 0 bridgehead atoms. The molecule has 0 radical (unpaired) electrons. The quantitative estimate of drug-likeness (QED) is 0.317. The average molecular weight is 501 g/mol. The second-order valence-electron chi connectivity index (χ2n) is 9.39. The Labute approximate surface area is 220 Å². The lowest BCUT2D eigenvalue weighted by Crippen LogP contribution is -2.20. The van der Waals surface area contributed by atoms with Crippen molar-refractivity contribution in [2.24, 2.45) is 0 Å². The maximum atomic E-state index is 13.9. The predicted octanol–water partition coefficient (Wildman–Crippen LogP) is 4.85. The van der Waals surface area contributed by atoms with Crippen LogP contribution in [0.4, 0.5) is 4.39 Å². The molecule has 6 aromatic rings. The molecule has 0 amide bonds. The van der Waals surface area contributed by atoms with Crippen molar-refractivity contribution in [3.63, 3.8) is 0 Å². The molecule has 0 atom stereocenters. The third-order valence-corrected chi connectivity index (χ3v) is 6.46. The van der Waals surface area contributed by atoms with Crippen molar-refractivity contribution in [1.82, 2.24) is 34.4 Å². The first kappa shape index (κ1) is 23.8. The Kier molecular flexibility index (Phi) is 6.27. The van der Waals surface area contributed by atoms with Crippen molar-refractivity contribution in [1.29, 1.82) is 0 Å². The maximum absolute atomic E-state index is 13.9. The minimum atomic E-state index is -0.241. The highest BCUT2D eigenvalue weighted by Gasteiger charge is 2.18. The van der Waals surface area contributed by atoms with Gasteiger partial charge in [-0.1, -0.05) is 42.5 Å². The lowest BCUT2D eigenvalue weighted by molar-refractivity contribution is 0.433. The summed E-state index contributed by atoms with van der Waals surface area (Å²) in [6, 6.07) is 24.7. The first-order valence-electron chi connectivity index (χ1n) is 12.4. The number of pyridine rings is 2. The van der Waals surface area contributed by atoms with Crippen molar-refractivity contribution in [2.75, 3.05) is 0 Å². The Bertz CT molecular complexity index is 1740. The first-order chi connectivity index (χ1) is 18.5. The number of rotatable bonds is 7. The van der Waals surface area contributed by atoms with Gasteiger partial charge in [0, 0.05) is 30.5 Å². The van der Waals surface area contributed by atoms with Crippen LogP contribution in [0, 0.1) is 12.7 Å². The molecule has 1 N–H and O–H groups in total. The van der Waals surface area contributed by atoms with Gasteiger partial charge in [0.2, 0.25) is 0 Å². The van der Waals surface area contributed by atoms with Gasteiger partial charge in [0.05, 0.1) is 11.4 Å². The number of nitrogens with one attached hydrogen (secondary N) is 1. The van der Waals surface area contributed by atoms with E-state index in [1.807, 2.05) is 67.7 Å². The van der Waals surface area contributed by atoms with Crippen LogP contribution in [-0.2, 0) is 13.1 Å². The van der Waals surface area contributed by atoms with Gasteiger partial charge < -0.3 is 9.79 Å². The van der Waals surface area contributed by atoms with Crippen LogP contribution < -0.4 is 0 Å². The number of H-pyrrole nitrogens is 1. The zero-order valence-electron chi connectivity index (χ0n) is 21.1. The largest absolute Gasteiger partial charge is 0.340 e. The smallest absolute Gasteiger partial charge is 0.186 e. The molecule has 0 fully saturated rings. The van der Waals surface area contributed by atoms with E-state index in [-0.39, 0.29) is 5.82 Å². The van der Waals surface area contributed by atoms with Crippen LogP contribution >= 0.6 is 0 Å². The Hall–Kier alpha value is -4.63. The Morgan fingerprint density at radius 2 is 1.79 bits per heavy atom. The fourth-order valence-corrected chi connectivity index (χ4v) is 4.73. The number of imidazole rings is 1. The summed E-state index contributed by atoms with van der Waals surface area (Å²) >= 11 is 0. The van der Waals surface area contributed by atoms with Crippen LogP contribution in [0.25, 0.3) is 39.4 Å². The summed E-state index contributed by atoms with van der Waals surface area (Å²) < 4.78 is 15.7. The highest BCUT2D eigenvalue weighted by atomic mass is 19.1. The van der Waals surface area contributed by atoms with E-state index < -0.39 is 0 Å². The molecule has 0 unspecified atom stereocenters. The normalized spacial score (nSPS) is 11.4. The molecule has 0 aliphatic carbocycles. The fourth-order valence-electron chi connectivity index (χ4n) is 4.73. The van der Waals surface area contributed by atoms with Crippen molar-refractivity contribution >= 4 is 13.6 Å². The van der Waals surface area contributed by atoms with Crippen molar-refractivity contribution in [2.45, 2.75) is 20.0 Å². The molecule has 4 aromatic heterocycles. The topological polar surface area (TPSA) is 75.0 Å². The van der Waals surface area contributed by atoms with Crippen molar-refractivity contribution in [3.8, 4) is 33.8 Å². The minimum absolute atomic E-state index is 0.241. The van der Waals surface area contributed by atoms with Crippen molar-refractivity contribution in [3.05, 3.63) is 114 Å². The molecule has 0 spiro atoms. The van der Waals surface area contributed by atoms with Gasteiger partial charge in [-0.2, -0.15) is 5.10 Å². The second-order valence-corrected chi connectivity index (χ2v) is 9.39. The summed E-state index contributed by atoms with van der Waals surface area (Å²) in [5, 5.41) is 4.29. The lowest BCUT2D eigenvalue weighted by Gasteiger charge is -2.18. The van der Waals surface area contributed by atoms with E-state index in [9.17, 15) is 4.39 Å². The zero-order valence-corrected chi connectivity index (χ0v) is 21.1. The fraction of sp³-hybridized carbons (Fsp3) is 0.103. The van der Waals surface area contributed by atoms with E-state index >= 15 is 0 Å². The zero-order chi connectivity index (χ0) is 26.1. The van der Waals surface area contributed by atoms with Crippen molar-refractivity contribution < 1.29 is 4.39 Å². The third-order valence-electron chi connectivity index (χ3n) is 6.46. The number of hydrogen-bond acceptors (Lipinski definition) is 5. The molecule has 186 valence electrons.